The number of halogens is 3. The minimum Gasteiger partial charge on any atom is -0.391 e. The fourth-order valence-electron chi connectivity index (χ4n) is 6.31. The van der Waals surface area contributed by atoms with Crippen LogP contribution < -0.4 is 15.4 Å². The molecule has 6 rings (SSSR count). The number of ether oxygens (including phenoxy) is 1. The molecule has 0 radical (unpaired) electrons. The number of carbonyl (C=O) groups is 2. The van der Waals surface area contributed by atoms with Crippen molar-refractivity contribution in [2.75, 3.05) is 0 Å². The zero-order valence-corrected chi connectivity index (χ0v) is 18.4. The molecule has 34 heavy (non-hydrogen) atoms. The maximum absolute atomic E-state index is 12.9. The van der Waals surface area contributed by atoms with E-state index in [0.717, 1.165) is 44.4 Å². The molecular formula is C22H23F3N6O3. The summed E-state index contributed by atoms with van der Waals surface area (Å²) in [7, 11) is 0. The molecule has 0 spiro atoms. The quantitative estimate of drug-likeness (QED) is 0.696. The molecule has 2 N–H and O–H groups in total. The lowest BCUT2D eigenvalue weighted by Crippen LogP contribution is -2.70. The Kier molecular flexibility index (Phi) is 5.21. The third-order valence-electron chi connectivity index (χ3n) is 6.88. The molecule has 4 aliphatic carbocycles. The molecule has 2 heterocycles. The molecular weight excluding hydrogens is 453 g/mol. The van der Waals surface area contributed by atoms with Gasteiger partial charge in [-0.15, -0.1) is 0 Å². The maximum atomic E-state index is 12.9. The Morgan fingerprint density at radius 1 is 1.06 bits per heavy atom. The average molecular weight is 476 g/mol. The van der Waals surface area contributed by atoms with Crippen molar-refractivity contribution in [1.29, 1.82) is 0 Å². The predicted octanol–water partition coefficient (Wildman–Crippen LogP) is 3.20. The molecule has 9 nitrogen and oxygen atoms in total. The van der Waals surface area contributed by atoms with Gasteiger partial charge in [0.15, 0.2) is 0 Å². The van der Waals surface area contributed by atoms with E-state index in [2.05, 4.69) is 30.6 Å². The van der Waals surface area contributed by atoms with Crippen molar-refractivity contribution >= 4 is 12.0 Å². The zero-order chi connectivity index (χ0) is 24.1. The molecule has 0 aliphatic heterocycles. The standard InChI is InChI=1S/C22H23F3N6O3/c1-12-9-26-10-15(28-12)17(32)30-20-5-13-4-14(6-20)8-21(7-13,11-20)31-19(33)34-16-2-3-27-18(29-16)22(23,24)25/h2-3,9-10,13-14H,4-8,11H2,1H3,(H,30,32)(H,31,33). The number of amides is 2. The van der Waals surface area contributed by atoms with Crippen molar-refractivity contribution in [3.05, 3.63) is 41.9 Å². The SMILES string of the molecule is Cc1cncc(C(=O)NC23CC4CC(CC(NC(=O)Oc5ccnc(C(F)(F)F)n5)(C4)C2)C3)n1. The number of nitrogens with zero attached hydrogens (tertiary/aromatic N) is 4. The Bertz CT molecular complexity index is 1130. The van der Waals surface area contributed by atoms with Crippen LogP contribution in [0.1, 0.15) is 60.5 Å². The smallest absolute Gasteiger partial charge is 0.391 e. The summed E-state index contributed by atoms with van der Waals surface area (Å²) in [4.78, 5) is 40.3. The summed E-state index contributed by atoms with van der Waals surface area (Å²) in [6.07, 6.45) is 2.82. The summed E-state index contributed by atoms with van der Waals surface area (Å²) < 4.78 is 43.7. The first kappa shape index (κ1) is 22.5. The van der Waals surface area contributed by atoms with Gasteiger partial charge in [-0.1, -0.05) is 0 Å². The van der Waals surface area contributed by atoms with Crippen molar-refractivity contribution in [3.8, 4) is 5.88 Å². The molecule has 2 unspecified atom stereocenters. The van der Waals surface area contributed by atoms with E-state index in [1.807, 2.05) is 0 Å². The summed E-state index contributed by atoms with van der Waals surface area (Å²) in [6, 6.07) is 1.10. The number of hydrogen-bond donors (Lipinski definition) is 2. The molecule has 4 fully saturated rings. The number of carbonyl (C=O) groups excluding carboxylic acids is 2. The summed E-state index contributed by atoms with van der Waals surface area (Å²) in [6.45, 7) is 1.76. The summed E-state index contributed by atoms with van der Waals surface area (Å²) in [5.41, 5.74) is -0.246. The van der Waals surface area contributed by atoms with Gasteiger partial charge in [-0.05, 0) is 57.3 Å². The highest BCUT2D eigenvalue weighted by atomic mass is 19.4. The Morgan fingerprint density at radius 2 is 1.74 bits per heavy atom. The second kappa shape index (κ2) is 7.88. The van der Waals surface area contributed by atoms with E-state index in [0.29, 0.717) is 24.0 Å². The first-order valence-electron chi connectivity index (χ1n) is 11.0. The lowest BCUT2D eigenvalue weighted by molar-refractivity contribution is -0.145. The van der Waals surface area contributed by atoms with E-state index in [-0.39, 0.29) is 11.6 Å². The molecule has 4 bridgehead atoms. The summed E-state index contributed by atoms with van der Waals surface area (Å²) in [5.74, 6) is -1.56. The van der Waals surface area contributed by atoms with E-state index in [9.17, 15) is 22.8 Å². The van der Waals surface area contributed by atoms with E-state index in [1.54, 1.807) is 13.1 Å². The fraction of sp³-hybridized carbons (Fsp3) is 0.545. The number of hydrogen-bond acceptors (Lipinski definition) is 7. The molecule has 4 saturated carbocycles. The van der Waals surface area contributed by atoms with Crippen LogP contribution in [0.4, 0.5) is 18.0 Å². The van der Waals surface area contributed by atoms with Crippen molar-refractivity contribution in [2.45, 2.75) is 62.7 Å². The first-order chi connectivity index (χ1) is 16.0. The summed E-state index contributed by atoms with van der Waals surface area (Å²) >= 11 is 0. The molecule has 2 atom stereocenters. The Morgan fingerprint density at radius 3 is 2.38 bits per heavy atom. The third kappa shape index (κ3) is 4.40. The molecule has 2 aromatic heterocycles. The van der Waals surface area contributed by atoms with Gasteiger partial charge in [0.25, 0.3) is 5.91 Å². The van der Waals surface area contributed by atoms with Gasteiger partial charge >= 0.3 is 12.3 Å². The maximum Gasteiger partial charge on any atom is 0.451 e. The van der Waals surface area contributed by atoms with Crippen LogP contribution in [0.15, 0.2) is 24.7 Å². The van der Waals surface area contributed by atoms with E-state index < -0.39 is 35.1 Å². The van der Waals surface area contributed by atoms with Gasteiger partial charge in [0.05, 0.1) is 11.9 Å². The number of nitrogens with one attached hydrogen (secondary N) is 2. The van der Waals surface area contributed by atoms with Gasteiger partial charge in [0.2, 0.25) is 11.7 Å². The van der Waals surface area contributed by atoms with Crippen LogP contribution >= 0.6 is 0 Å². The van der Waals surface area contributed by atoms with Crippen LogP contribution in [-0.4, -0.2) is 43.0 Å². The molecule has 2 amide bonds. The van der Waals surface area contributed by atoms with Crippen LogP contribution in [0, 0.1) is 18.8 Å². The highest BCUT2D eigenvalue weighted by Gasteiger charge is 2.59. The number of alkyl halides is 3. The van der Waals surface area contributed by atoms with Gasteiger partial charge in [-0.3, -0.25) is 9.78 Å². The fourth-order valence-corrected chi connectivity index (χ4v) is 6.31. The topological polar surface area (TPSA) is 119 Å². The number of aromatic nitrogens is 4. The van der Waals surface area contributed by atoms with Gasteiger partial charge in [-0.2, -0.15) is 18.2 Å². The first-order valence-corrected chi connectivity index (χ1v) is 11.0. The highest BCUT2D eigenvalue weighted by Crippen LogP contribution is 2.57. The lowest BCUT2D eigenvalue weighted by Gasteiger charge is -2.61. The molecule has 4 aliphatic rings. The molecule has 180 valence electrons. The predicted molar refractivity (Wildman–Crippen MR) is 111 cm³/mol. The van der Waals surface area contributed by atoms with Gasteiger partial charge in [0, 0.05) is 29.5 Å². The van der Waals surface area contributed by atoms with Crippen molar-refractivity contribution < 1.29 is 27.5 Å². The Balaban J connectivity index is 1.31. The minimum atomic E-state index is -4.75. The zero-order valence-electron chi connectivity index (χ0n) is 18.4. The Hall–Kier alpha value is -3.31. The summed E-state index contributed by atoms with van der Waals surface area (Å²) in [5, 5.41) is 6.06. The van der Waals surface area contributed by atoms with Gasteiger partial charge in [-0.25, -0.2) is 14.8 Å². The monoisotopic (exact) mass is 476 g/mol. The number of rotatable bonds is 4. The molecule has 2 aromatic rings. The normalized spacial score (nSPS) is 29.5. The van der Waals surface area contributed by atoms with Crippen LogP contribution in [0.3, 0.4) is 0 Å². The lowest BCUT2D eigenvalue weighted by atomic mass is 9.50. The minimum absolute atomic E-state index is 0.237. The van der Waals surface area contributed by atoms with Crippen LogP contribution in [0.2, 0.25) is 0 Å². The molecule has 12 heteroatoms. The van der Waals surface area contributed by atoms with Crippen molar-refractivity contribution in [1.82, 2.24) is 30.6 Å². The van der Waals surface area contributed by atoms with E-state index >= 15 is 0 Å². The van der Waals surface area contributed by atoms with Gasteiger partial charge in [0.1, 0.15) is 5.69 Å². The number of aryl methyl sites for hydroxylation is 1. The second-order valence-electron chi connectivity index (χ2n) is 9.75. The van der Waals surface area contributed by atoms with Gasteiger partial charge < -0.3 is 15.4 Å². The van der Waals surface area contributed by atoms with Crippen LogP contribution in [0.25, 0.3) is 0 Å². The third-order valence-corrected chi connectivity index (χ3v) is 6.88. The second-order valence-corrected chi connectivity index (χ2v) is 9.75. The average Bonchev–Trinajstić information content (AvgIpc) is 2.71. The van der Waals surface area contributed by atoms with Crippen molar-refractivity contribution in [3.63, 3.8) is 0 Å². The molecule has 0 saturated heterocycles. The van der Waals surface area contributed by atoms with Crippen LogP contribution in [0.5, 0.6) is 5.88 Å². The van der Waals surface area contributed by atoms with Crippen LogP contribution in [-0.2, 0) is 6.18 Å². The molecule has 0 aromatic carbocycles. The van der Waals surface area contributed by atoms with E-state index in [4.69, 9.17) is 4.74 Å². The Labute approximate surface area is 192 Å². The van der Waals surface area contributed by atoms with E-state index in [1.165, 1.54) is 6.20 Å². The largest absolute Gasteiger partial charge is 0.451 e. The van der Waals surface area contributed by atoms with Crippen molar-refractivity contribution in [2.24, 2.45) is 11.8 Å². The highest BCUT2D eigenvalue weighted by molar-refractivity contribution is 5.92.